The number of aliphatic hydroxyl groups excluding tert-OH is 1. The van der Waals surface area contributed by atoms with Gasteiger partial charge in [-0.1, -0.05) is 30.3 Å². The average molecular weight is 290 g/mol. The number of rotatable bonds is 6. The number of carbonyl (C=O) groups is 1. The Kier molecular flexibility index (Phi) is 5.58. The quantitative estimate of drug-likeness (QED) is 0.764. The number of urea groups is 1. The van der Waals surface area contributed by atoms with Crippen LogP contribution in [0, 0.1) is 0 Å². The third kappa shape index (κ3) is 4.36. The first kappa shape index (κ1) is 14.6. The van der Waals surface area contributed by atoms with E-state index in [9.17, 15) is 9.90 Å². The van der Waals surface area contributed by atoms with Crippen molar-refractivity contribution in [2.24, 2.45) is 0 Å². The minimum atomic E-state index is -0.186. The molecule has 0 unspecified atom stereocenters. The van der Waals surface area contributed by atoms with E-state index in [1.54, 1.807) is 11.3 Å². The molecule has 5 heteroatoms. The molecule has 106 valence electrons. The molecular weight excluding hydrogens is 272 g/mol. The molecule has 0 atom stereocenters. The van der Waals surface area contributed by atoms with Crippen LogP contribution in [-0.2, 0) is 19.6 Å². The maximum absolute atomic E-state index is 11.7. The molecule has 4 nitrogen and oxygen atoms in total. The van der Waals surface area contributed by atoms with Crippen LogP contribution >= 0.6 is 11.3 Å². The van der Waals surface area contributed by atoms with Crippen molar-refractivity contribution < 1.29 is 9.90 Å². The van der Waals surface area contributed by atoms with Crippen molar-refractivity contribution >= 4 is 17.4 Å². The molecule has 3 N–H and O–H groups in total. The van der Waals surface area contributed by atoms with Crippen LogP contribution in [0.4, 0.5) is 4.79 Å². The SMILES string of the molecule is O=C(NCCc1cccs1)NCc1ccccc1CO. The van der Waals surface area contributed by atoms with E-state index in [2.05, 4.69) is 16.7 Å². The summed E-state index contributed by atoms with van der Waals surface area (Å²) < 4.78 is 0. The molecule has 0 aliphatic carbocycles. The Balaban J connectivity index is 1.72. The fraction of sp³-hybridized carbons (Fsp3) is 0.267. The van der Waals surface area contributed by atoms with Gasteiger partial charge < -0.3 is 15.7 Å². The molecule has 0 aliphatic heterocycles. The van der Waals surface area contributed by atoms with Crippen LogP contribution in [0.25, 0.3) is 0 Å². The lowest BCUT2D eigenvalue weighted by molar-refractivity contribution is 0.240. The van der Waals surface area contributed by atoms with E-state index in [0.29, 0.717) is 13.1 Å². The molecule has 2 rings (SSSR count). The van der Waals surface area contributed by atoms with Gasteiger partial charge in [0.2, 0.25) is 0 Å². The number of nitrogens with one attached hydrogen (secondary N) is 2. The molecule has 0 bridgehead atoms. The van der Waals surface area contributed by atoms with E-state index in [1.165, 1.54) is 4.88 Å². The number of hydrogen-bond acceptors (Lipinski definition) is 3. The molecule has 0 spiro atoms. The zero-order valence-electron chi connectivity index (χ0n) is 11.1. The lowest BCUT2D eigenvalue weighted by Crippen LogP contribution is -2.36. The molecule has 0 saturated carbocycles. The standard InChI is InChI=1S/C15H18N2O2S/c18-11-13-5-2-1-4-12(13)10-17-15(19)16-8-7-14-6-3-9-20-14/h1-6,9,18H,7-8,10-11H2,(H2,16,17,19). The third-order valence-electron chi connectivity index (χ3n) is 2.97. The van der Waals surface area contributed by atoms with Crippen molar-refractivity contribution in [3.05, 3.63) is 57.8 Å². The van der Waals surface area contributed by atoms with Gasteiger partial charge >= 0.3 is 6.03 Å². The Morgan fingerprint density at radius 3 is 2.60 bits per heavy atom. The first-order valence-electron chi connectivity index (χ1n) is 6.51. The van der Waals surface area contributed by atoms with Crippen LogP contribution in [0.5, 0.6) is 0 Å². The maximum atomic E-state index is 11.7. The van der Waals surface area contributed by atoms with Crippen molar-refractivity contribution in [3.63, 3.8) is 0 Å². The van der Waals surface area contributed by atoms with Gasteiger partial charge in [0.05, 0.1) is 6.61 Å². The zero-order chi connectivity index (χ0) is 14.2. The zero-order valence-corrected chi connectivity index (χ0v) is 12.0. The van der Waals surface area contributed by atoms with Gasteiger partial charge in [-0.2, -0.15) is 0 Å². The van der Waals surface area contributed by atoms with Crippen LogP contribution in [0.15, 0.2) is 41.8 Å². The van der Waals surface area contributed by atoms with Gasteiger partial charge in [-0.05, 0) is 29.0 Å². The largest absolute Gasteiger partial charge is 0.392 e. The number of aliphatic hydroxyl groups is 1. The summed E-state index contributed by atoms with van der Waals surface area (Å²) in [6, 6.07) is 11.4. The highest BCUT2D eigenvalue weighted by atomic mass is 32.1. The maximum Gasteiger partial charge on any atom is 0.315 e. The predicted octanol–water partition coefficient (Wildman–Crippen LogP) is 2.28. The van der Waals surface area contributed by atoms with Crippen LogP contribution in [0.2, 0.25) is 0 Å². The van der Waals surface area contributed by atoms with Gasteiger partial charge in [0, 0.05) is 18.0 Å². The van der Waals surface area contributed by atoms with Crippen molar-refractivity contribution in [3.8, 4) is 0 Å². The van der Waals surface area contributed by atoms with Crippen molar-refractivity contribution in [1.82, 2.24) is 10.6 Å². The van der Waals surface area contributed by atoms with Crippen LogP contribution in [-0.4, -0.2) is 17.7 Å². The Morgan fingerprint density at radius 1 is 1.10 bits per heavy atom. The minimum absolute atomic E-state index is 0.0160. The Bertz CT molecular complexity index is 541. The number of carbonyl (C=O) groups excluding carboxylic acids is 1. The summed E-state index contributed by atoms with van der Waals surface area (Å²) in [6.07, 6.45) is 0.846. The second kappa shape index (κ2) is 7.67. The number of hydrogen-bond donors (Lipinski definition) is 3. The van der Waals surface area contributed by atoms with E-state index in [4.69, 9.17) is 0 Å². The summed E-state index contributed by atoms with van der Waals surface area (Å²) in [4.78, 5) is 12.9. The highest BCUT2D eigenvalue weighted by Crippen LogP contribution is 2.09. The van der Waals surface area contributed by atoms with Gasteiger partial charge in [-0.15, -0.1) is 11.3 Å². The van der Waals surface area contributed by atoms with E-state index in [1.807, 2.05) is 35.7 Å². The lowest BCUT2D eigenvalue weighted by atomic mass is 10.1. The fourth-order valence-corrected chi connectivity index (χ4v) is 2.59. The molecule has 0 saturated heterocycles. The number of thiophene rings is 1. The monoisotopic (exact) mass is 290 g/mol. The molecule has 2 aromatic rings. The number of amides is 2. The summed E-state index contributed by atoms with van der Waals surface area (Å²) in [5.41, 5.74) is 1.77. The van der Waals surface area contributed by atoms with Crippen molar-refractivity contribution in [1.29, 1.82) is 0 Å². The van der Waals surface area contributed by atoms with Crippen LogP contribution < -0.4 is 10.6 Å². The van der Waals surface area contributed by atoms with Gasteiger partial charge in [-0.25, -0.2) is 4.79 Å². The summed E-state index contributed by atoms with van der Waals surface area (Å²) >= 11 is 1.69. The average Bonchev–Trinajstić information content (AvgIpc) is 2.98. The molecule has 20 heavy (non-hydrogen) atoms. The fourth-order valence-electron chi connectivity index (χ4n) is 1.88. The molecule has 0 aliphatic rings. The smallest absolute Gasteiger partial charge is 0.315 e. The van der Waals surface area contributed by atoms with Gasteiger partial charge in [-0.3, -0.25) is 0 Å². The second-order valence-electron chi connectivity index (χ2n) is 4.37. The molecule has 1 aromatic heterocycles. The summed E-state index contributed by atoms with van der Waals surface area (Å²) in [7, 11) is 0. The lowest BCUT2D eigenvalue weighted by Gasteiger charge is -2.10. The first-order valence-corrected chi connectivity index (χ1v) is 7.39. The van der Waals surface area contributed by atoms with E-state index < -0.39 is 0 Å². The highest BCUT2D eigenvalue weighted by Gasteiger charge is 2.03. The predicted molar refractivity (Wildman–Crippen MR) is 80.6 cm³/mol. The summed E-state index contributed by atoms with van der Waals surface area (Å²) in [5, 5.41) is 16.9. The van der Waals surface area contributed by atoms with Crippen LogP contribution in [0.1, 0.15) is 16.0 Å². The normalized spacial score (nSPS) is 10.2. The molecule has 1 aromatic carbocycles. The molecule has 0 radical (unpaired) electrons. The summed E-state index contributed by atoms with van der Waals surface area (Å²) in [5.74, 6) is 0. The van der Waals surface area contributed by atoms with Crippen molar-refractivity contribution in [2.45, 2.75) is 19.6 Å². The topological polar surface area (TPSA) is 61.4 Å². The highest BCUT2D eigenvalue weighted by molar-refractivity contribution is 7.09. The Morgan fingerprint density at radius 2 is 1.90 bits per heavy atom. The summed E-state index contributed by atoms with van der Waals surface area (Å²) in [6.45, 7) is 1.02. The second-order valence-corrected chi connectivity index (χ2v) is 5.40. The third-order valence-corrected chi connectivity index (χ3v) is 3.90. The van der Waals surface area contributed by atoms with E-state index in [-0.39, 0.29) is 12.6 Å². The van der Waals surface area contributed by atoms with Crippen LogP contribution in [0.3, 0.4) is 0 Å². The van der Waals surface area contributed by atoms with E-state index in [0.717, 1.165) is 17.5 Å². The number of benzene rings is 1. The minimum Gasteiger partial charge on any atom is -0.392 e. The van der Waals surface area contributed by atoms with Gasteiger partial charge in [0.15, 0.2) is 0 Å². The Hall–Kier alpha value is -1.85. The molecule has 2 amide bonds. The first-order chi connectivity index (χ1) is 9.79. The van der Waals surface area contributed by atoms with E-state index >= 15 is 0 Å². The molecular formula is C15H18N2O2S. The molecule has 1 heterocycles. The van der Waals surface area contributed by atoms with Gasteiger partial charge in [0.25, 0.3) is 0 Å². The molecule has 0 fully saturated rings. The van der Waals surface area contributed by atoms with Crippen molar-refractivity contribution in [2.75, 3.05) is 6.54 Å². The Labute approximate surface area is 122 Å². The van der Waals surface area contributed by atoms with Gasteiger partial charge in [0.1, 0.15) is 0 Å².